The molecule has 322 valence electrons. The van der Waals surface area contributed by atoms with Crippen molar-refractivity contribution in [3.63, 3.8) is 0 Å². The predicted molar refractivity (Wildman–Crippen MR) is 274 cm³/mol. The van der Waals surface area contributed by atoms with Gasteiger partial charge in [0, 0.05) is 61.6 Å². The van der Waals surface area contributed by atoms with Gasteiger partial charge < -0.3 is 32.9 Å². The van der Waals surface area contributed by atoms with E-state index in [1.165, 1.54) is 0 Å². The zero-order valence-electron chi connectivity index (χ0n) is 39.1. The third-order valence-electron chi connectivity index (χ3n) is 14.8. The molecule has 0 unspecified atom stereocenters. The van der Waals surface area contributed by atoms with E-state index in [1.807, 2.05) is 0 Å². The topological polar surface area (TPSA) is 161 Å². The van der Waals surface area contributed by atoms with Crippen LogP contribution in [-0.2, 0) is 0 Å². The molecule has 7 aromatic rings. The molecule has 0 aliphatic carbocycles. The van der Waals surface area contributed by atoms with Crippen LogP contribution in [0.15, 0.2) is 54.6 Å². The Bertz CT molecular complexity index is 3440. The number of anilines is 4. The largest absolute Gasteiger partial charge is 0.398 e. The lowest BCUT2D eigenvalue weighted by Crippen LogP contribution is -2.03. The van der Waals surface area contributed by atoms with Crippen LogP contribution in [0.4, 0.5) is 22.7 Å². The molecule has 0 saturated carbocycles. The molecule has 2 aliphatic rings. The number of aromatic nitrogens is 4. The van der Waals surface area contributed by atoms with E-state index in [0.29, 0.717) is 5.69 Å². The van der Waals surface area contributed by atoms with E-state index in [0.717, 1.165) is 173 Å². The first-order valence-corrected chi connectivity index (χ1v) is 22.0. The molecule has 5 heterocycles. The highest BCUT2D eigenvalue weighted by Gasteiger charge is 2.29. The van der Waals surface area contributed by atoms with Crippen LogP contribution in [0, 0.1) is 83.1 Å². The highest BCUT2D eigenvalue weighted by atomic mass is 14.8. The van der Waals surface area contributed by atoms with Crippen LogP contribution in [0.25, 0.3) is 79.2 Å². The number of aromatic amines is 2. The lowest BCUT2D eigenvalue weighted by Gasteiger charge is -2.21. The second-order valence-electron chi connectivity index (χ2n) is 18.1. The molecule has 8 bridgehead atoms. The maximum Gasteiger partial charge on any atom is 0.0815 e. The molecular weight excluding hydrogens is 785 g/mol. The summed E-state index contributed by atoms with van der Waals surface area (Å²) in [5.74, 6) is 0. The Morgan fingerprint density at radius 2 is 0.781 bits per heavy atom. The first kappa shape index (κ1) is 42.0. The van der Waals surface area contributed by atoms with E-state index < -0.39 is 0 Å². The van der Waals surface area contributed by atoms with Crippen molar-refractivity contribution >= 4 is 68.6 Å². The van der Waals surface area contributed by atoms with Gasteiger partial charge in [-0.3, -0.25) is 0 Å². The van der Waals surface area contributed by atoms with Crippen LogP contribution >= 0.6 is 0 Å². The van der Waals surface area contributed by atoms with Crippen molar-refractivity contribution in [2.75, 3.05) is 22.9 Å². The number of benzene rings is 4. The number of fused-ring (bicyclic) bond motifs is 8. The monoisotopic (exact) mass is 842 g/mol. The molecule has 0 amide bonds. The standard InChI is InChI=1S/C56H58N8/c1-25-29(5)42(21-47(57)33(25)9)46-19-41-18-39-14-13-37(61-39)17-38-15-16-40(62-38)20-51-52(43-22-48(58)34(10)26(2)30(43)6)53(44-23-49(59)35(11)27(3)31(44)7)56(64-51)54(55(46)63-41)45-24-50(60)36(12)28(4)32(45)8/h13-24,61,64H,57-60H2,1-12H3. The Morgan fingerprint density at radius 1 is 0.375 bits per heavy atom. The summed E-state index contributed by atoms with van der Waals surface area (Å²) in [6.07, 6.45) is 6.32. The molecule has 8 heteroatoms. The number of nitrogen functional groups attached to an aromatic ring is 4. The third kappa shape index (κ3) is 6.59. The number of nitrogens with zero attached hydrogens (tertiary/aromatic N) is 2. The van der Waals surface area contributed by atoms with Crippen molar-refractivity contribution in [2.24, 2.45) is 0 Å². The first-order chi connectivity index (χ1) is 30.3. The fourth-order valence-electron chi connectivity index (χ4n) is 9.62. The highest BCUT2D eigenvalue weighted by molar-refractivity contribution is 6.13. The molecule has 9 rings (SSSR count). The quantitative estimate of drug-likeness (QED) is 0.0967. The van der Waals surface area contributed by atoms with E-state index in [-0.39, 0.29) is 0 Å². The molecule has 0 radical (unpaired) electrons. The average Bonchev–Trinajstić information content (AvgIpc) is 4.08. The number of H-pyrrole nitrogens is 2. The van der Waals surface area contributed by atoms with Gasteiger partial charge in [-0.05, 0) is 245 Å². The lowest BCUT2D eigenvalue weighted by atomic mass is 9.83. The lowest BCUT2D eigenvalue weighted by molar-refractivity contribution is 1.24. The molecule has 0 atom stereocenters. The Morgan fingerprint density at radius 3 is 1.28 bits per heavy atom. The highest BCUT2D eigenvalue weighted by Crippen LogP contribution is 2.50. The van der Waals surface area contributed by atoms with Gasteiger partial charge in [-0.2, -0.15) is 0 Å². The fraction of sp³-hybridized carbons (Fsp3) is 0.214. The van der Waals surface area contributed by atoms with Crippen molar-refractivity contribution in [1.82, 2.24) is 19.9 Å². The number of hydrogen-bond acceptors (Lipinski definition) is 6. The maximum absolute atomic E-state index is 7.02. The van der Waals surface area contributed by atoms with Crippen LogP contribution in [0.1, 0.15) is 95.1 Å². The zero-order chi connectivity index (χ0) is 45.8. The normalized spacial score (nSPS) is 12.3. The van der Waals surface area contributed by atoms with E-state index in [9.17, 15) is 0 Å². The summed E-state index contributed by atoms with van der Waals surface area (Å²) in [5.41, 5.74) is 58.8. The van der Waals surface area contributed by atoms with Crippen LogP contribution in [-0.4, -0.2) is 19.9 Å². The van der Waals surface area contributed by atoms with Gasteiger partial charge >= 0.3 is 0 Å². The Balaban J connectivity index is 1.64. The average molecular weight is 843 g/mol. The summed E-state index contributed by atoms with van der Waals surface area (Å²) in [5, 5.41) is 0. The Labute approximate surface area is 376 Å². The second-order valence-corrected chi connectivity index (χ2v) is 18.1. The molecule has 4 aromatic carbocycles. The maximum atomic E-state index is 7.02. The van der Waals surface area contributed by atoms with Crippen molar-refractivity contribution in [1.29, 1.82) is 0 Å². The minimum absolute atomic E-state index is 0.706. The molecule has 0 saturated heterocycles. The van der Waals surface area contributed by atoms with Gasteiger partial charge in [-0.15, -0.1) is 0 Å². The van der Waals surface area contributed by atoms with Crippen molar-refractivity contribution in [3.05, 3.63) is 150 Å². The van der Waals surface area contributed by atoms with Gasteiger partial charge in [-0.1, -0.05) is 0 Å². The van der Waals surface area contributed by atoms with Gasteiger partial charge in [0.05, 0.1) is 28.3 Å². The minimum Gasteiger partial charge on any atom is -0.398 e. The van der Waals surface area contributed by atoms with Crippen molar-refractivity contribution in [3.8, 4) is 33.4 Å². The molecule has 0 spiro atoms. The second kappa shape index (κ2) is 15.2. The molecule has 3 aromatic heterocycles. The first-order valence-electron chi connectivity index (χ1n) is 22.0. The summed E-state index contributed by atoms with van der Waals surface area (Å²) in [7, 11) is 0. The van der Waals surface area contributed by atoms with E-state index in [4.69, 9.17) is 32.9 Å². The smallest absolute Gasteiger partial charge is 0.0815 e. The Kier molecular flexibility index (Phi) is 9.97. The van der Waals surface area contributed by atoms with Crippen LogP contribution in [0.3, 0.4) is 0 Å². The van der Waals surface area contributed by atoms with Crippen molar-refractivity contribution in [2.45, 2.75) is 83.1 Å². The molecule has 8 nitrogen and oxygen atoms in total. The van der Waals surface area contributed by atoms with Crippen molar-refractivity contribution < 1.29 is 0 Å². The van der Waals surface area contributed by atoms with E-state index in [1.54, 1.807) is 0 Å². The Hall–Kier alpha value is -7.32. The summed E-state index contributed by atoms with van der Waals surface area (Å²) in [4.78, 5) is 18.5. The number of rotatable bonds is 4. The fourth-order valence-corrected chi connectivity index (χ4v) is 9.62. The minimum atomic E-state index is 0.706. The number of nitrogens with one attached hydrogen (secondary N) is 2. The van der Waals surface area contributed by atoms with Crippen LogP contribution in [0.5, 0.6) is 0 Å². The van der Waals surface area contributed by atoms with Crippen LogP contribution in [0.2, 0.25) is 0 Å². The molecule has 2 aliphatic heterocycles. The summed E-state index contributed by atoms with van der Waals surface area (Å²) < 4.78 is 0. The molecule has 64 heavy (non-hydrogen) atoms. The summed E-state index contributed by atoms with van der Waals surface area (Å²) >= 11 is 0. The summed E-state index contributed by atoms with van der Waals surface area (Å²) in [6.45, 7) is 25.7. The van der Waals surface area contributed by atoms with Gasteiger partial charge in [0.15, 0.2) is 0 Å². The van der Waals surface area contributed by atoms with Gasteiger partial charge in [-0.25, -0.2) is 9.97 Å². The van der Waals surface area contributed by atoms with E-state index in [2.05, 4.69) is 166 Å². The van der Waals surface area contributed by atoms with Gasteiger partial charge in [0.1, 0.15) is 0 Å². The third-order valence-corrected chi connectivity index (χ3v) is 14.8. The summed E-state index contributed by atoms with van der Waals surface area (Å²) in [6, 6.07) is 19.0. The van der Waals surface area contributed by atoms with Crippen LogP contribution < -0.4 is 22.9 Å². The SMILES string of the molecule is Cc1c(N)cc(C2=Cc3cc4ccc(cc5nc(cc6[nH]c(c(-c7cc(N)c(C)c(C)c7C)c2n3)c(-c2cc(N)c(C)c(C)c2C)c6-c2cc(N)c(C)c(C)c2C)C=C5)[nH]4)c(C)c1C. The number of nitrogens with two attached hydrogens (primary N) is 4. The molecular formula is C56H58N8. The van der Waals surface area contributed by atoms with Gasteiger partial charge in [0.2, 0.25) is 0 Å². The molecule has 0 fully saturated rings. The predicted octanol–water partition coefficient (Wildman–Crippen LogP) is 13.1. The van der Waals surface area contributed by atoms with Gasteiger partial charge in [0.25, 0.3) is 0 Å². The van der Waals surface area contributed by atoms with E-state index >= 15 is 0 Å². The molecule has 10 N–H and O–H groups in total. The zero-order valence-corrected chi connectivity index (χ0v) is 39.1. The number of hydrogen-bond donors (Lipinski definition) is 6.